The molecule has 2 aromatic rings. The molecule has 2 aliphatic rings. The number of halogens is 1. The predicted octanol–water partition coefficient (Wildman–Crippen LogP) is 2.71. The van der Waals surface area contributed by atoms with Gasteiger partial charge in [-0.2, -0.15) is 0 Å². The van der Waals surface area contributed by atoms with Crippen LogP contribution in [0.5, 0.6) is 0 Å². The van der Waals surface area contributed by atoms with Crippen LogP contribution >= 0.6 is 0 Å². The van der Waals surface area contributed by atoms with Crippen LogP contribution in [0.1, 0.15) is 29.8 Å². The lowest BCUT2D eigenvalue weighted by atomic mass is 9.95. The summed E-state index contributed by atoms with van der Waals surface area (Å²) in [5.74, 6) is -0.00149. The number of fused-ring (bicyclic) bond motifs is 2. The minimum absolute atomic E-state index is 0.160. The van der Waals surface area contributed by atoms with Crippen molar-refractivity contribution in [2.45, 2.75) is 37.4 Å². The minimum atomic E-state index is -0.360. The average Bonchev–Trinajstić information content (AvgIpc) is 3.24. The zero-order valence-electron chi connectivity index (χ0n) is 12.0. The lowest BCUT2D eigenvalue weighted by Crippen LogP contribution is -2.42. The maximum Gasteiger partial charge on any atom is 0.287 e. The van der Waals surface area contributed by atoms with Crippen LogP contribution in [0.2, 0.25) is 0 Å². The first-order valence-electron chi connectivity index (χ1n) is 7.62. The fraction of sp³-hybridized carbons (Fsp3) is 0.353. The van der Waals surface area contributed by atoms with Crippen LogP contribution in [0.4, 0.5) is 4.39 Å². The van der Waals surface area contributed by atoms with Crippen molar-refractivity contribution in [1.29, 1.82) is 0 Å². The van der Waals surface area contributed by atoms with Crippen LogP contribution in [0.15, 0.2) is 40.8 Å². The summed E-state index contributed by atoms with van der Waals surface area (Å²) in [6.07, 6.45) is 3.26. The number of nitrogens with one attached hydrogen (secondary N) is 2. The van der Waals surface area contributed by atoms with E-state index in [1.54, 1.807) is 30.3 Å². The molecule has 3 heterocycles. The molecule has 0 spiro atoms. The molecule has 2 N–H and O–H groups in total. The summed E-state index contributed by atoms with van der Waals surface area (Å²) in [6.45, 7) is 0. The lowest BCUT2D eigenvalue weighted by molar-refractivity contribution is 0.0903. The number of carbonyl (C=O) groups excluding carboxylic acids is 1. The quantitative estimate of drug-likeness (QED) is 0.916. The molecule has 0 radical (unpaired) electrons. The fourth-order valence-electron chi connectivity index (χ4n) is 3.49. The van der Waals surface area contributed by atoms with Crippen molar-refractivity contribution in [1.82, 2.24) is 10.6 Å². The van der Waals surface area contributed by atoms with Crippen LogP contribution < -0.4 is 10.6 Å². The third kappa shape index (κ3) is 2.31. The van der Waals surface area contributed by atoms with E-state index in [2.05, 4.69) is 10.6 Å². The molecule has 114 valence electrons. The first kappa shape index (κ1) is 13.5. The average molecular weight is 300 g/mol. The molecule has 3 atom stereocenters. The van der Waals surface area contributed by atoms with Crippen molar-refractivity contribution in [3.8, 4) is 11.3 Å². The molecule has 22 heavy (non-hydrogen) atoms. The van der Waals surface area contributed by atoms with E-state index < -0.39 is 0 Å². The molecule has 0 saturated carbocycles. The van der Waals surface area contributed by atoms with Gasteiger partial charge in [0.1, 0.15) is 11.6 Å². The predicted molar refractivity (Wildman–Crippen MR) is 79.9 cm³/mol. The Hall–Kier alpha value is -2.14. The summed E-state index contributed by atoms with van der Waals surface area (Å²) in [5.41, 5.74) is 0.364. The van der Waals surface area contributed by atoms with Crippen molar-refractivity contribution in [3.63, 3.8) is 0 Å². The summed E-state index contributed by atoms with van der Waals surface area (Å²) in [5, 5.41) is 6.50. The van der Waals surface area contributed by atoms with Crippen molar-refractivity contribution >= 4 is 5.91 Å². The van der Waals surface area contributed by atoms with Crippen LogP contribution in [0.3, 0.4) is 0 Å². The Morgan fingerprint density at radius 1 is 1.23 bits per heavy atom. The van der Waals surface area contributed by atoms with E-state index in [9.17, 15) is 9.18 Å². The topological polar surface area (TPSA) is 54.3 Å². The molecular weight excluding hydrogens is 283 g/mol. The molecule has 1 amide bonds. The van der Waals surface area contributed by atoms with Gasteiger partial charge in [0.2, 0.25) is 0 Å². The van der Waals surface area contributed by atoms with E-state index >= 15 is 0 Å². The normalized spacial score (nSPS) is 26.3. The molecule has 2 aliphatic heterocycles. The smallest absolute Gasteiger partial charge is 0.287 e. The molecule has 4 rings (SSSR count). The van der Waals surface area contributed by atoms with E-state index in [1.807, 2.05) is 0 Å². The van der Waals surface area contributed by atoms with Crippen LogP contribution in [-0.2, 0) is 0 Å². The Balaban J connectivity index is 1.49. The molecule has 2 fully saturated rings. The monoisotopic (exact) mass is 300 g/mol. The molecule has 1 aromatic carbocycles. The highest BCUT2D eigenvalue weighted by molar-refractivity contribution is 5.92. The van der Waals surface area contributed by atoms with Gasteiger partial charge in [-0.05, 0) is 43.5 Å². The maximum atomic E-state index is 13.7. The third-order valence-corrected chi connectivity index (χ3v) is 4.59. The zero-order valence-corrected chi connectivity index (χ0v) is 12.0. The SMILES string of the molecule is O=C(N[C@@H]1C[C@H]2CC[C@@H]1N2)c1ccc(-c2ccccc2F)o1. The second-order valence-electron chi connectivity index (χ2n) is 6.01. The van der Waals surface area contributed by atoms with Crippen LogP contribution in [-0.4, -0.2) is 24.0 Å². The number of benzene rings is 1. The van der Waals surface area contributed by atoms with Gasteiger partial charge in [0, 0.05) is 18.1 Å². The zero-order chi connectivity index (χ0) is 15.1. The van der Waals surface area contributed by atoms with Gasteiger partial charge in [-0.3, -0.25) is 4.79 Å². The van der Waals surface area contributed by atoms with Gasteiger partial charge < -0.3 is 15.1 Å². The highest BCUT2D eigenvalue weighted by Gasteiger charge is 2.39. The molecule has 5 heteroatoms. The van der Waals surface area contributed by atoms with Crippen LogP contribution in [0.25, 0.3) is 11.3 Å². The van der Waals surface area contributed by atoms with Gasteiger partial charge in [0.05, 0.1) is 5.56 Å². The molecular formula is C17H17FN2O2. The van der Waals surface area contributed by atoms with Gasteiger partial charge in [0.15, 0.2) is 5.76 Å². The Morgan fingerprint density at radius 2 is 2.09 bits per heavy atom. The van der Waals surface area contributed by atoms with Gasteiger partial charge in [-0.15, -0.1) is 0 Å². The van der Waals surface area contributed by atoms with Gasteiger partial charge in [-0.25, -0.2) is 4.39 Å². The molecule has 2 bridgehead atoms. The van der Waals surface area contributed by atoms with E-state index in [1.165, 1.54) is 12.5 Å². The number of hydrogen-bond donors (Lipinski definition) is 2. The highest BCUT2D eigenvalue weighted by Crippen LogP contribution is 2.29. The van der Waals surface area contributed by atoms with E-state index in [0.29, 0.717) is 23.4 Å². The summed E-state index contributed by atoms with van der Waals surface area (Å²) in [6, 6.07) is 10.7. The number of amides is 1. The lowest BCUT2D eigenvalue weighted by Gasteiger charge is -2.20. The van der Waals surface area contributed by atoms with Gasteiger partial charge in [-0.1, -0.05) is 12.1 Å². The number of carbonyl (C=O) groups is 1. The van der Waals surface area contributed by atoms with Crippen molar-refractivity contribution < 1.29 is 13.6 Å². The summed E-state index contributed by atoms with van der Waals surface area (Å²) < 4.78 is 19.3. The molecule has 0 aliphatic carbocycles. The first-order chi connectivity index (χ1) is 10.7. The summed E-state index contributed by atoms with van der Waals surface area (Å²) in [4.78, 5) is 12.3. The summed E-state index contributed by atoms with van der Waals surface area (Å²) in [7, 11) is 0. The third-order valence-electron chi connectivity index (χ3n) is 4.59. The highest BCUT2D eigenvalue weighted by atomic mass is 19.1. The van der Waals surface area contributed by atoms with E-state index in [0.717, 1.165) is 12.8 Å². The first-order valence-corrected chi connectivity index (χ1v) is 7.62. The Kier molecular flexibility index (Phi) is 3.22. The Bertz CT molecular complexity index is 712. The number of furan rings is 1. The Labute approximate surface area is 127 Å². The van der Waals surface area contributed by atoms with Gasteiger partial charge >= 0.3 is 0 Å². The maximum absolute atomic E-state index is 13.7. The van der Waals surface area contributed by atoms with Gasteiger partial charge in [0.25, 0.3) is 5.91 Å². The van der Waals surface area contributed by atoms with Crippen LogP contribution in [0, 0.1) is 5.82 Å². The molecule has 2 saturated heterocycles. The molecule has 0 unspecified atom stereocenters. The van der Waals surface area contributed by atoms with E-state index in [-0.39, 0.29) is 23.5 Å². The second kappa shape index (κ2) is 5.25. The second-order valence-corrected chi connectivity index (χ2v) is 6.01. The van der Waals surface area contributed by atoms with Crippen molar-refractivity contribution in [2.75, 3.05) is 0 Å². The van der Waals surface area contributed by atoms with Crippen molar-refractivity contribution in [3.05, 3.63) is 48.0 Å². The molecule has 1 aromatic heterocycles. The Morgan fingerprint density at radius 3 is 2.82 bits per heavy atom. The fourth-order valence-corrected chi connectivity index (χ4v) is 3.49. The largest absolute Gasteiger partial charge is 0.451 e. The van der Waals surface area contributed by atoms with Crippen molar-refractivity contribution in [2.24, 2.45) is 0 Å². The summed E-state index contributed by atoms with van der Waals surface area (Å²) >= 11 is 0. The minimum Gasteiger partial charge on any atom is -0.451 e. The molecule has 4 nitrogen and oxygen atoms in total. The standard InChI is InChI=1S/C17H17FN2O2/c18-12-4-2-1-3-11(12)15-7-8-16(22-15)17(21)20-14-9-10-5-6-13(14)19-10/h1-4,7-8,10,13-14,19H,5-6,9H2,(H,20,21)/t10-,13+,14-/m1/s1. The number of rotatable bonds is 3. The number of hydrogen-bond acceptors (Lipinski definition) is 3. The van der Waals surface area contributed by atoms with E-state index in [4.69, 9.17) is 4.42 Å².